The molecule has 1 aliphatic carbocycles. The van der Waals surface area contributed by atoms with Crippen LogP contribution in [0.2, 0.25) is 5.02 Å². The van der Waals surface area contributed by atoms with Crippen LogP contribution in [0.15, 0.2) is 18.2 Å². The molecule has 0 radical (unpaired) electrons. The van der Waals surface area contributed by atoms with E-state index in [9.17, 15) is 9.59 Å². The van der Waals surface area contributed by atoms with Gasteiger partial charge in [-0.05, 0) is 36.5 Å². The zero-order valence-corrected chi connectivity index (χ0v) is 12.3. The highest BCUT2D eigenvalue weighted by atomic mass is 35.5. The number of carbonyl (C=O) groups is 2. The topological polar surface area (TPSA) is 66.4 Å². The average Bonchev–Trinajstić information content (AvgIpc) is 2.71. The number of hydrogen-bond acceptors (Lipinski definition) is 2. The highest BCUT2D eigenvalue weighted by Crippen LogP contribution is 2.43. The Morgan fingerprint density at radius 1 is 1.40 bits per heavy atom. The Bertz CT molecular complexity index is 554. The van der Waals surface area contributed by atoms with Gasteiger partial charge in [0.1, 0.15) is 0 Å². The van der Waals surface area contributed by atoms with Crippen molar-refractivity contribution in [2.75, 3.05) is 5.32 Å². The van der Waals surface area contributed by atoms with Gasteiger partial charge in [0.05, 0.1) is 11.3 Å². The molecule has 20 heavy (non-hydrogen) atoms. The zero-order chi connectivity index (χ0) is 14.9. The lowest BCUT2D eigenvalue weighted by Crippen LogP contribution is -2.31. The van der Waals surface area contributed by atoms with Crippen molar-refractivity contribution in [2.45, 2.75) is 33.1 Å². The second-order valence-corrected chi connectivity index (χ2v) is 6.35. The van der Waals surface area contributed by atoms with Crippen LogP contribution in [0.25, 0.3) is 0 Å². The third-order valence-corrected chi connectivity index (χ3v) is 4.28. The third kappa shape index (κ3) is 2.96. The summed E-state index contributed by atoms with van der Waals surface area (Å²) in [7, 11) is 0. The molecule has 1 unspecified atom stereocenters. The molecule has 1 atom stereocenters. The zero-order valence-electron chi connectivity index (χ0n) is 11.6. The van der Waals surface area contributed by atoms with E-state index >= 15 is 0 Å². The van der Waals surface area contributed by atoms with Crippen LogP contribution in [0.1, 0.15) is 43.5 Å². The first-order chi connectivity index (χ1) is 9.31. The predicted molar refractivity (Wildman–Crippen MR) is 78.2 cm³/mol. The lowest BCUT2D eigenvalue weighted by molar-refractivity contribution is -0.122. The number of halogens is 1. The van der Waals surface area contributed by atoms with Crippen LogP contribution in [0.3, 0.4) is 0 Å². The molecule has 0 aliphatic heterocycles. The average molecular weight is 296 g/mol. The fourth-order valence-corrected chi connectivity index (χ4v) is 3.01. The summed E-state index contributed by atoms with van der Waals surface area (Å²) < 4.78 is 0. The van der Waals surface area contributed by atoms with E-state index < -0.39 is 5.97 Å². The Hall–Kier alpha value is -1.55. The lowest BCUT2D eigenvalue weighted by Gasteiger charge is -2.26. The number of anilines is 1. The van der Waals surface area contributed by atoms with Gasteiger partial charge in [-0.3, -0.25) is 4.79 Å². The van der Waals surface area contributed by atoms with E-state index in [1.807, 2.05) is 0 Å². The van der Waals surface area contributed by atoms with Crippen molar-refractivity contribution in [3.05, 3.63) is 28.8 Å². The summed E-state index contributed by atoms with van der Waals surface area (Å²) in [5.74, 6) is -1.30. The molecule has 1 amide bonds. The molecule has 1 fully saturated rings. The summed E-state index contributed by atoms with van der Waals surface area (Å²) in [6.07, 6.45) is 2.88. The maximum Gasteiger partial charge on any atom is 0.337 e. The Morgan fingerprint density at radius 2 is 2.10 bits per heavy atom. The highest BCUT2D eigenvalue weighted by Gasteiger charge is 2.39. The Morgan fingerprint density at radius 3 is 2.65 bits per heavy atom. The van der Waals surface area contributed by atoms with Gasteiger partial charge in [0, 0.05) is 10.9 Å². The van der Waals surface area contributed by atoms with Crippen molar-refractivity contribution >= 4 is 29.2 Å². The molecule has 2 rings (SSSR count). The van der Waals surface area contributed by atoms with Crippen LogP contribution >= 0.6 is 11.6 Å². The van der Waals surface area contributed by atoms with Gasteiger partial charge < -0.3 is 10.4 Å². The molecule has 1 aromatic rings. The second-order valence-electron chi connectivity index (χ2n) is 5.92. The van der Waals surface area contributed by atoms with Crippen molar-refractivity contribution in [3.8, 4) is 0 Å². The Balaban J connectivity index is 2.22. The monoisotopic (exact) mass is 295 g/mol. The van der Waals surface area contributed by atoms with Crippen LogP contribution in [-0.4, -0.2) is 17.0 Å². The molecule has 5 heteroatoms. The van der Waals surface area contributed by atoms with Crippen LogP contribution < -0.4 is 5.32 Å². The Kier molecular flexibility index (Phi) is 4.04. The van der Waals surface area contributed by atoms with E-state index in [1.165, 1.54) is 12.1 Å². The number of rotatable bonds is 3. The fourth-order valence-electron chi connectivity index (χ4n) is 2.84. The quantitative estimate of drug-likeness (QED) is 0.891. The summed E-state index contributed by atoms with van der Waals surface area (Å²) in [4.78, 5) is 23.5. The maximum absolute atomic E-state index is 12.4. The molecule has 0 saturated heterocycles. The first kappa shape index (κ1) is 14.9. The van der Waals surface area contributed by atoms with Crippen LogP contribution in [0.5, 0.6) is 0 Å². The van der Waals surface area contributed by atoms with Crippen molar-refractivity contribution in [1.29, 1.82) is 0 Å². The minimum atomic E-state index is -1.10. The van der Waals surface area contributed by atoms with Crippen LogP contribution in [0.4, 0.5) is 5.69 Å². The van der Waals surface area contributed by atoms with E-state index in [0.717, 1.165) is 19.3 Å². The Labute approximate surface area is 123 Å². The largest absolute Gasteiger partial charge is 0.478 e. The van der Waals surface area contributed by atoms with Gasteiger partial charge in [-0.1, -0.05) is 31.9 Å². The number of carboxylic acid groups (broad SMARTS) is 1. The van der Waals surface area contributed by atoms with E-state index in [1.54, 1.807) is 6.07 Å². The van der Waals surface area contributed by atoms with Gasteiger partial charge in [-0.15, -0.1) is 0 Å². The summed E-state index contributed by atoms with van der Waals surface area (Å²) in [5.41, 5.74) is 0.274. The minimum Gasteiger partial charge on any atom is -0.478 e. The van der Waals surface area contributed by atoms with E-state index in [-0.39, 0.29) is 22.8 Å². The molecule has 1 saturated carbocycles. The molecule has 0 heterocycles. The van der Waals surface area contributed by atoms with Crippen molar-refractivity contribution in [2.24, 2.45) is 11.3 Å². The molecule has 0 spiro atoms. The maximum atomic E-state index is 12.4. The van der Waals surface area contributed by atoms with Gasteiger partial charge >= 0.3 is 5.97 Å². The number of nitrogens with one attached hydrogen (secondary N) is 1. The first-order valence-corrected chi connectivity index (χ1v) is 7.03. The normalized spacial score (nSPS) is 20.6. The summed E-state index contributed by atoms with van der Waals surface area (Å²) in [6.45, 7) is 4.15. The molecular weight excluding hydrogens is 278 g/mol. The predicted octanol–water partition coefficient (Wildman–Crippen LogP) is 3.80. The smallest absolute Gasteiger partial charge is 0.337 e. The highest BCUT2D eigenvalue weighted by molar-refractivity contribution is 6.31. The molecule has 0 bridgehead atoms. The van der Waals surface area contributed by atoms with E-state index in [2.05, 4.69) is 19.2 Å². The minimum absolute atomic E-state index is 0.0154. The van der Waals surface area contributed by atoms with Crippen LogP contribution in [0, 0.1) is 11.3 Å². The van der Waals surface area contributed by atoms with Crippen molar-refractivity contribution < 1.29 is 14.7 Å². The second kappa shape index (κ2) is 5.44. The van der Waals surface area contributed by atoms with Gasteiger partial charge in [-0.25, -0.2) is 4.79 Å². The molecular formula is C15H18ClNO3. The van der Waals surface area contributed by atoms with Crippen molar-refractivity contribution in [3.63, 3.8) is 0 Å². The summed E-state index contributed by atoms with van der Waals surface area (Å²) in [5, 5.41) is 12.2. The van der Waals surface area contributed by atoms with Gasteiger partial charge in [0.25, 0.3) is 0 Å². The summed E-state index contributed by atoms with van der Waals surface area (Å²) >= 11 is 5.79. The SMILES string of the molecule is CC1(C)CCCC1C(=O)Nc1ccc(Cl)cc1C(=O)O. The number of carbonyl (C=O) groups excluding carboxylic acids is 1. The van der Waals surface area contributed by atoms with Crippen LogP contribution in [-0.2, 0) is 4.79 Å². The van der Waals surface area contributed by atoms with Gasteiger partial charge in [0.2, 0.25) is 5.91 Å². The molecule has 4 nitrogen and oxygen atoms in total. The lowest BCUT2D eigenvalue weighted by atomic mass is 9.81. The molecule has 1 aliphatic rings. The molecule has 108 valence electrons. The number of hydrogen-bond donors (Lipinski definition) is 2. The van der Waals surface area contributed by atoms with E-state index in [4.69, 9.17) is 16.7 Å². The van der Waals surface area contributed by atoms with Crippen molar-refractivity contribution in [1.82, 2.24) is 0 Å². The van der Waals surface area contributed by atoms with Gasteiger partial charge in [-0.2, -0.15) is 0 Å². The number of amides is 1. The number of carboxylic acids is 1. The number of benzene rings is 1. The fraction of sp³-hybridized carbons (Fsp3) is 0.467. The molecule has 0 aromatic heterocycles. The standard InChI is InChI=1S/C15H18ClNO3/c1-15(2)7-3-4-11(15)13(18)17-12-6-5-9(16)8-10(12)14(19)20/h5-6,8,11H,3-4,7H2,1-2H3,(H,17,18)(H,19,20). The molecule has 2 N–H and O–H groups in total. The van der Waals surface area contributed by atoms with Gasteiger partial charge in [0.15, 0.2) is 0 Å². The van der Waals surface area contributed by atoms with E-state index in [0.29, 0.717) is 10.7 Å². The third-order valence-electron chi connectivity index (χ3n) is 4.04. The first-order valence-electron chi connectivity index (χ1n) is 6.65. The summed E-state index contributed by atoms with van der Waals surface area (Å²) in [6, 6.07) is 4.45. The molecule has 1 aromatic carbocycles. The number of aromatic carboxylic acids is 1.